The maximum Gasteiger partial charge on any atom is 0.508 e. The molecule has 3 atom stereocenters. The monoisotopic (exact) mass is 295 g/mol. The van der Waals surface area contributed by atoms with Crippen molar-refractivity contribution in [2.75, 3.05) is 39.3 Å². The molecular weight excluding hydrogens is 272 g/mol. The van der Waals surface area contributed by atoms with Crippen molar-refractivity contribution in [1.82, 2.24) is 4.90 Å². The number of ether oxygens (including phenoxy) is 2. The van der Waals surface area contributed by atoms with Crippen LogP contribution in [0.5, 0.6) is 0 Å². The van der Waals surface area contributed by atoms with Gasteiger partial charge in [-0.25, -0.2) is 4.79 Å². The number of carbonyl (C=O) groups is 1. The van der Waals surface area contributed by atoms with Crippen LogP contribution in [0.4, 0.5) is 4.79 Å². The van der Waals surface area contributed by atoms with Crippen LogP contribution in [0.25, 0.3) is 0 Å². The van der Waals surface area contributed by atoms with E-state index in [9.17, 15) is 4.79 Å². The van der Waals surface area contributed by atoms with Crippen LogP contribution in [-0.4, -0.2) is 67.4 Å². The van der Waals surface area contributed by atoms with Gasteiger partial charge in [0.1, 0.15) is 6.54 Å². The number of carbonyl (C=O) groups excluding carboxylic acids is 1. The fraction of sp³-hybridized carbons (Fsp3) is 0.800. The zero-order chi connectivity index (χ0) is 14.7. The van der Waals surface area contributed by atoms with Crippen molar-refractivity contribution in [2.45, 2.75) is 38.5 Å². The minimum atomic E-state index is -0.599. The Morgan fingerprint density at radius 1 is 1.38 bits per heavy atom. The van der Waals surface area contributed by atoms with Crippen molar-refractivity contribution in [3.8, 4) is 11.8 Å². The number of hydrogen-bond acceptors (Lipinski definition) is 5. The normalized spacial score (nSPS) is 34.0. The van der Waals surface area contributed by atoms with E-state index in [-0.39, 0.29) is 12.3 Å². The van der Waals surface area contributed by atoms with E-state index in [1.165, 1.54) is 25.9 Å². The summed E-state index contributed by atoms with van der Waals surface area (Å²) in [7, 11) is 0. The second kappa shape index (κ2) is 6.22. The minimum absolute atomic E-state index is 0.0458. The van der Waals surface area contributed by atoms with Crippen LogP contribution in [0, 0.1) is 11.8 Å². The van der Waals surface area contributed by atoms with Gasteiger partial charge in [0, 0.05) is 6.42 Å². The lowest BCUT2D eigenvalue weighted by molar-refractivity contribution is -0.908. The third kappa shape index (κ3) is 3.31. The molecule has 116 valence electrons. The quantitative estimate of drug-likeness (QED) is 0.337. The van der Waals surface area contributed by atoms with Crippen LogP contribution in [-0.2, 0) is 14.3 Å². The molecule has 21 heavy (non-hydrogen) atoms. The summed E-state index contributed by atoms with van der Waals surface area (Å²) in [4.78, 5) is 19.4. The average molecular weight is 295 g/mol. The summed E-state index contributed by atoms with van der Waals surface area (Å²) in [6.07, 6.45) is 2.56. The molecule has 2 unspecified atom stereocenters. The Balaban J connectivity index is 1.42. The Morgan fingerprint density at radius 2 is 2.19 bits per heavy atom. The topological polar surface area (TPSA) is 51.3 Å². The van der Waals surface area contributed by atoms with Crippen LogP contribution in [0.3, 0.4) is 0 Å². The van der Waals surface area contributed by atoms with E-state index in [2.05, 4.69) is 16.7 Å². The molecule has 0 aromatic heterocycles. The highest BCUT2D eigenvalue weighted by atomic mass is 16.9. The zero-order valence-electron chi connectivity index (χ0n) is 12.5. The fourth-order valence-electron chi connectivity index (χ4n) is 3.12. The Kier molecular flexibility index (Phi) is 4.34. The van der Waals surface area contributed by atoms with Crippen molar-refractivity contribution >= 4 is 6.16 Å². The van der Waals surface area contributed by atoms with Gasteiger partial charge in [0.2, 0.25) is 0 Å². The molecule has 3 fully saturated rings. The summed E-state index contributed by atoms with van der Waals surface area (Å²) >= 11 is 0. The molecule has 0 radical (unpaired) electrons. The smallest absolute Gasteiger partial charge is 0.435 e. The zero-order valence-corrected chi connectivity index (χ0v) is 12.5. The fourth-order valence-corrected chi connectivity index (χ4v) is 3.12. The van der Waals surface area contributed by atoms with Gasteiger partial charge in [-0.15, -0.1) is 9.48 Å². The highest BCUT2D eigenvalue weighted by Gasteiger charge is 2.69. The first kappa shape index (κ1) is 14.6. The molecule has 0 aromatic rings. The van der Waals surface area contributed by atoms with Gasteiger partial charge < -0.3 is 9.47 Å². The van der Waals surface area contributed by atoms with E-state index in [4.69, 9.17) is 14.3 Å². The van der Waals surface area contributed by atoms with E-state index in [1.54, 1.807) is 6.92 Å². The first-order valence-electron chi connectivity index (χ1n) is 7.80. The summed E-state index contributed by atoms with van der Waals surface area (Å²) in [6, 6.07) is 0. The second-order valence-corrected chi connectivity index (χ2v) is 5.79. The number of nitrogens with zero attached hydrogens (tertiary/aromatic N) is 2. The molecule has 6 heteroatoms. The van der Waals surface area contributed by atoms with E-state index in [1.807, 2.05) is 0 Å². The molecule has 0 aromatic carbocycles. The number of quaternary nitrogens is 1. The maximum absolute atomic E-state index is 11.3. The summed E-state index contributed by atoms with van der Waals surface area (Å²) in [6.45, 7) is 6.83. The molecule has 3 saturated heterocycles. The van der Waals surface area contributed by atoms with E-state index >= 15 is 0 Å². The van der Waals surface area contributed by atoms with E-state index in [0.29, 0.717) is 17.8 Å². The SMILES string of the molecule is CCOC(=O)OC1CC[N@@+]2(CC#CCN3CCCC3)OC12. The van der Waals surface area contributed by atoms with Gasteiger partial charge in [0.25, 0.3) is 0 Å². The molecule has 3 aliphatic rings. The third-order valence-electron chi connectivity index (χ3n) is 4.33. The first-order chi connectivity index (χ1) is 10.2. The van der Waals surface area contributed by atoms with Crippen molar-refractivity contribution in [3.63, 3.8) is 0 Å². The Hall–Kier alpha value is -1.29. The van der Waals surface area contributed by atoms with E-state index < -0.39 is 6.16 Å². The van der Waals surface area contributed by atoms with Crippen LogP contribution >= 0.6 is 0 Å². The highest BCUT2D eigenvalue weighted by molar-refractivity contribution is 5.60. The second-order valence-electron chi connectivity index (χ2n) is 5.79. The predicted octanol–water partition coefficient (Wildman–Crippen LogP) is 1.12. The number of hydroxylamine groups is 3. The van der Waals surface area contributed by atoms with Gasteiger partial charge in [-0.1, -0.05) is 5.92 Å². The molecule has 0 bridgehead atoms. The number of hydrogen-bond donors (Lipinski definition) is 0. The van der Waals surface area contributed by atoms with Crippen LogP contribution < -0.4 is 0 Å². The Bertz CT molecular complexity index is 452. The molecule has 0 spiro atoms. The van der Waals surface area contributed by atoms with Gasteiger partial charge in [0.05, 0.1) is 13.2 Å². The van der Waals surface area contributed by atoms with Crippen LogP contribution in [0.1, 0.15) is 26.2 Å². The van der Waals surface area contributed by atoms with Gasteiger partial charge in [-0.3, -0.25) is 4.90 Å². The first-order valence-corrected chi connectivity index (χ1v) is 7.80. The molecule has 0 saturated carbocycles. The standard InChI is InChI=1S/C15H23N2O4/c1-2-19-15(18)20-13-7-12-17(14(13)21-17)11-6-5-10-16-8-3-4-9-16/h13-14H,2-4,7-12H2,1H3/q+1/t13?,14?,17-/m1/s1. The number of rotatable bonds is 4. The lowest BCUT2D eigenvalue weighted by Gasteiger charge is -2.08. The predicted molar refractivity (Wildman–Crippen MR) is 74.8 cm³/mol. The summed E-state index contributed by atoms with van der Waals surface area (Å²) in [5.41, 5.74) is 0. The Labute approximate surface area is 125 Å². The van der Waals surface area contributed by atoms with Gasteiger partial charge in [-0.05, 0) is 38.8 Å². The average Bonchev–Trinajstić information content (AvgIpc) is 2.83. The van der Waals surface area contributed by atoms with Crippen molar-refractivity contribution in [1.29, 1.82) is 0 Å². The molecular formula is C15H23N2O4+. The van der Waals surface area contributed by atoms with Crippen molar-refractivity contribution < 1.29 is 23.8 Å². The maximum atomic E-state index is 11.3. The summed E-state index contributed by atoms with van der Waals surface area (Å²) < 4.78 is 10.6. The van der Waals surface area contributed by atoms with Crippen LogP contribution in [0.2, 0.25) is 0 Å². The van der Waals surface area contributed by atoms with Gasteiger partial charge >= 0.3 is 12.4 Å². The number of likely N-dealkylation sites (tertiary alicyclic amines) is 1. The van der Waals surface area contributed by atoms with Crippen LogP contribution in [0.15, 0.2) is 0 Å². The lowest BCUT2D eigenvalue weighted by Crippen LogP contribution is -2.27. The summed E-state index contributed by atoms with van der Waals surface area (Å²) in [5, 5.41) is 0. The molecule has 0 amide bonds. The van der Waals surface area contributed by atoms with Gasteiger partial charge in [-0.2, -0.15) is 0 Å². The lowest BCUT2D eigenvalue weighted by atomic mass is 10.3. The van der Waals surface area contributed by atoms with Gasteiger partial charge in [0.15, 0.2) is 12.6 Å². The molecule has 3 aliphatic heterocycles. The van der Waals surface area contributed by atoms with Crippen molar-refractivity contribution in [3.05, 3.63) is 0 Å². The Morgan fingerprint density at radius 3 is 2.90 bits per heavy atom. The largest absolute Gasteiger partial charge is 0.508 e. The molecule has 6 nitrogen and oxygen atoms in total. The molecule has 0 N–H and O–H groups in total. The summed E-state index contributed by atoms with van der Waals surface area (Å²) in [5.74, 6) is 6.45. The van der Waals surface area contributed by atoms with E-state index in [0.717, 1.165) is 19.5 Å². The van der Waals surface area contributed by atoms with Crippen molar-refractivity contribution in [2.24, 2.45) is 0 Å². The third-order valence-corrected chi connectivity index (χ3v) is 4.33. The molecule has 0 aliphatic carbocycles. The minimum Gasteiger partial charge on any atom is -0.435 e. The number of fused-ring (bicyclic) bond motifs is 1. The highest BCUT2D eigenvalue weighted by Crippen LogP contribution is 2.44. The molecule has 3 heterocycles. The molecule has 3 rings (SSSR count).